The van der Waals surface area contributed by atoms with E-state index in [0.29, 0.717) is 31.3 Å². The van der Waals surface area contributed by atoms with Crippen molar-refractivity contribution in [2.24, 2.45) is 5.92 Å². The second-order valence-electron chi connectivity index (χ2n) is 5.19. The summed E-state index contributed by atoms with van der Waals surface area (Å²) in [6, 6.07) is 5.55. The van der Waals surface area contributed by atoms with Gasteiger partial charge in [0.15, 0.2) is 11.5 Å². The molecular formula is C15H19NO3S. The van der Waals surface area contributed by atoms with Gasteiger partial charge in [-0.25, -0.2) is 0 Å². The number of amides is 1. The summed E-state index contributed by atoms with van der Waals surface area (Å²) in [7, 11) is 0. The molecule has 0 saturated carbocycles. The molecule has 1 aromatic carbocycles. The van der Waals surface area contributed by atoms with Crippen LogP contribution in [0.15, 0.2) is 18.2 Å². The zero-order valence-electron chi connectivity index (χ0n) is 11.4. The third kappa shape index (κ3) is 3.39. The first-order valence-corrected chi connectivity index (χ1v) is 8.24. The van der Waals surface area contributed by atoms with Crippen LogP contribution in [0.25, 0.3) is 0 Å². The van der Waals surface area contributed by atoms with E-state index in [4.69, 9.17) is 9.47 Å². The van der Waals surface area contributed by atoms with Gasteiger partial charge < -0.3 is 14.8 Å². The number of hydrogen-bond donors (Lipinski definition) is 1. The van der Waals surface area contributed by atoms with E-state index in [1.54, 1.807) is 0 Å². The second-order valence-corrected chi connectivity index (χ2v) is 6.34. The molecule has 3 rings (SSSR count). The lowest BCUT2D eigenvalue weighted by molar-refractivity contribution is -0.117. The molecule has 2 aliphatic rings. The Morgan fingerprint density at radius 3 is 2.95 bits per heavy atom. The average molecular weight is 293 g/mol. The smallest absolute Gasteiger partial charge is 0.224 e. The van der Waals surface area contributed by atoms with Gasteiger partial charge in [0.2, 0.25) is 5.91 Å². The molecule has 0 radical (unpaired) electrons. The number of nitrogens with one attached hydrogen (secondary N) is 1. The predicted molar refractivity (Wildman–Crippen MR) is 80.7 cm³/mol. The van der Waals surface area contributed by atoms with Gasteiger partial charge in [-0.2, -0.15) is 11.8 Å². The first-order chi connectivity index (χ1) is 9.81. The highest BCUT2D eigenvalue weighted by atomic mass is 32.2. The lowest BCUT2D eigenvalue weighted by Crippen LogP contribution is -2.20. The van der Waals surface area contributed by atoms with Crippen LogP contribution in [0.5, 0.6) is 11.5 Å². The highest BCUT2D eigenvalue weighted by Crippen LogP contribution is 2.33. The van der Waals surface area contributed by atoms with Gasteiger partial charge in [-0.15, -0.1) is 0 Å². The molecule has 0 aliphatic carbocycles. The molecule has 0 bridgehead atoms. The van der Waals surface area contributed by atoms with Gasteiger partial charge in [0, 0.05) is 18.2 Å². The molecule has 1 saturated heterocycles. The normalized spacial score (nSPS) is 21.3. The number of rotatable bonds is 3. The summed E-state index contributed by atoms with van der Waals surface area (Å²) in [6.07, 6.45) is 3.01. The Bertz CT molecular complexity index is 486. The minimum Gasteiger partial charge on any atom is -0.486 e. The van der Waals surface area contributed by atoms with Crippen LogP contribution in [0.4, 0.5) is 5.69 Å². The molecule has 1 amide bonds. The first kappa shape index (κ1) is 13.6. The standard InChI is InChI=1S/C15H19NO3S/c17-15(8-11-2-1-7-20-10-11)16-12-3-4-13-14(9-12)19-6-5-18-13/h3-4,9,11H,1-2,5-8,10H2,(H,16,17). The molecule has 0 spiro atoms. The fraction of sp³-hybridized carbons (Fsp3) is 0.533. The van der Waals surface area contributed by atoms with Gasteiger partial charge in [-0.05, 0) is 42.4 Å². The Kier molecular flexibility index (Phi) is 4.35. The summed E-state index contributed by atoms with van der Waals surface area (Å²) in [6.45, 7) is 1.14. The third-order valence-electron chi connectivity index (χ3n) is 3.55. The number of carbonyl (C=O) groups is 1. The molecule has 1 atom stereocenters. The van der Waals surface area contributed by atoms with Crippen molar-refractivity contribution >= 4 is 23.4 Å². The summed E-state index contributed by atoms with van der Waals surface area (Å²) in [4.78, 5) is 12.1. The molecule has 1 aromatic rings. The van der Waals surface area contributed by atoms with Crippen molar-refractivity contribution in [1.29, 1.82) is 0 Å². The van der Waals surface area contributed by atoms with E-state index >= 15 is 0 Å². The van der Waals surface area contributed by atoms with E-state index in [9.17, 15) is 4.79 Å². The molecule has 4 nitrogen and oxygen atoms in total. The molecule has 108 valence electrons. The number of anilines is 1. The van der Waals surface area contributed by atoms with Crippen LogP contribution in [-0.4, -0.2) is 30.6 Å². The van der Waals surface area contributed by atoms with E-state index in [1.165, 1.54) is 18.6 Å². The van der Waals surface area contributed by atoms with Crippen molar-refractivity contribution < 1.29 is 14.3 Å². The van der Waals surface area contributed by atoms with Crippen LogP contribution in [0, 0.1) is 5.92 Å². The molecule has 0 aromatic heterocycles. The van der Waals surface area contributed by atoms with Gasteiger partial charge >= 0.3 is 0 Å². The fourth-order valence-electron chi connectivity index (χ4n) is 2.56. The number of thioether (sulfide) groups is 1. The Morgan fingerprint density at radius 1 is 1.30 bits per heavy atom. The molecule has 1 fully saturated rings. The van der Waals surface area contributed by atoms with Gasteiger partial charge in [-0.3, -0.25) is 4.79 Å². The predicted octanol–water partition coefficient (Wildman–Crippen LogP) is 2.93. The van der Waals surface area contributed by atoms with E-state index < -0.39 is 0 Å². The van der Waals surface area contributed by atoms with Crippen molar-refractivity contribution in [1.82, 2.24) is 0 Å². The third-order valence-corrected chi connectivity index (χ3v) is 4.84. The monoisotopic (exact) mass is 293 g/mol. The Morgan fingerprint density at radius 2 is 2.15 bits per heavy atom. The van der Waals surface area contributed by atoms with Crippen LogP contribution in [-0.2, 0) is 4.79 Å². The number of benzene rings is 1. The average Bonchev–Trinajstić information content (AvgIpc) is 2.48. The van der Waals surface area contributed by atoms with Gasteiger partial charge in [-0.1, -0.05) is 0 Å². The maximum atomic E-state index is 12.1. The largest absolute Gasteiger partial charge is 0.486 e. The van der Waals surface area contributed by atoms with Crippen LogP contribution < -0.4 is 14.8 Å². The van der Waals surface area contributed by atoms with Crippen molar-refractivity contribution in [3.63, 3.8) is 0 Å². The number of carbonyl (C=O) groups excluding carboxylic acids is 1. The van der Waals surface area contributed by atoms with E-state index in [2.05, 4.69) is 5.32 Å². The highest BCUT2D eigenvalue weighted by Gasteiger charge is 2.18. The number of hydrogen-bond acceptors (Lipinski definition) is 4. The van der Waals surface area contributed by atoms with E-state index in [0.717, 1.165) is 17.2 Å². The molecule has 1 N–H and O–H groups in total. The molecule has 2 aliphatic heterocycles. The quantitative estimate of drug-likeness (QED) is 0.931. The Balaban J connectivity index is 1.58. The highest BCUT2D eigenvalue weighted by molar-refractivity contribution is 7.99. The zero-order chi connectivity index (χ0) is 13.8. The zero-order valence-corrected chi connectivity index (χ0v) is 12.2. The van der Waals surface area contributed by atoms with Crippen molar-refractivity contribution in [3.05, 3.63) is 18.2 Å². The summed E-state index contributed by atoms with van der Waals surface area (Å²) in [5.74, 6) is 4.41. The van der Waals surface area contributed by atoms with Crippen LogP contribution in [0.2, 0.25) is 0 Å². The topological polar surface area (TPSA) is 47.6 Å². The lowest BCUT2D eigenvalue weighted by Gasteiger charge is -2.21. The minimum atomic E-state index is 0.0918. The van der Waals surface area contributed by atoms with Crippen molar-refractivity contribution in [2.75, 3.05) is 30.0 Å². The SMILES string of the molecule is O=C(CC1CCCSC1)Nc1ccc2c(c1)OCCO2. The molecular weight excluding hydrogens is 274 g/mol. The van der Waals surface area contributed by atoms with Crippen molar-refractivity contribution in [2.45, 2.75) is 19.3 Å². The van der Waals surface area contributed by atoms with Crippen molar-refractivity contribution in [3.8, 4) is 11.5 Å². The van der Waals surface area contributed by atoms with Crippen LogP contribution in [0.3, 0.4) is 0 Å². The Hall–Kier alpha value is -1.36. The molecule has 2 heterocycles. The molecule has 1 unspecified atom stereocenters. The summed E-state index contributed by atoms with van der Waals surface area (Å²) >= 11 is 1.95. The number of fused-ring (bicyclic) bond motifs is 1. The van der Waals surface area contributed by atoms with Crippen LogP contribution >= 0.6 is 11.8 Å². The second kappa shape index (κ2) is 6.39. The molecule has 5 heteroatoms. The molecule has 20 heavy (non-hydrogen) atoms. The summed E-state index contributed by atoms with van der Waals surface area (Å²) in [5, 5.41) is 2.96. The number of ether oxygens (including phenoxy) is 2. The van der Waals surface area contributed by atoms with E-state index in [-0.39, 0.29) is 5.91 Å². The van der Waals surface area contributed by atoms with Crippen LogP contribution in [0.1, 0.15) is 19.3 Å². The maximum Gasteiger partial charge on any atom is 0.224 e. The van der Waals surface area contributed by atoms with Gasteiger partial charge in [0.05, 0.1) is 0 Å². The maximum absolute atomic E-state index is 12.1. The van der Waals surface area contributed by atoms with Gasteiger partial charge in [0.1, 0.15) is 13.2 Å². The van der Waals surface area contributed by atoms with Gasteiger partial charge in [0.25, 0.3) is 0 Å². The summed E-state index contributed by atoms with van der Waals surface area (Å²) in [5.41, 5.74) is 0.780. The lowest BCUT2D eigenvalue weighted by atomic mass is 10.0. The first-order valence-electron chi connectivity index (χ1n) is 7.08. The minimum absolute atomic E-state index is 0.0918. The van der Waals surface area contributed by atoms with E-state index in [1.807, 2.05) is 30.0 Å². The fourth-order valence-corrected chi connectivity index (χ4v) is 3.72. The summed E-state index contributed by atoms with van der Waals surface area (Å²) < 4.78 is 11.0. The Labute approximate surface area is 123 Å².